The van der Waals surface area contributed by atoms with Crippen LogP contribution in [0.2, 0.25) is 0 Å². The molecule has 1 aromatic heterocycles. The second-order valence-electron chi connectivity index (χ2n) is 7.83. The number of para-hydroxylation sites is 1. The number of rotatable bonds is 6. The van der Waals surface area contributed by atoms with Crippen molar-refractivity contribution in [3.05, 3.63) is 46.8 Å². The van der Waals surface area contributed by atoms with Gasteiger partial charge in [-0.1, -0.05) is 17.3 Å². The number of aromatic nitrogens is 1. The molecule has 1 heterocycles. The zero-order chi connectivity index (χ0) is 22.5. The van der Waals surface area contributed by atoms with Gasteiger partial charge in [0.1, 0.15) is 23.7 Å². The molecule has 2 N–H and O–H groups in total. The van der Waals surface area contributed by atoms with E-state index in [1.807, 2.05) is 0 Å². The van der Waals surface area contributed by atoms with Gasteiger partial charge in [-0.2, -0.15) is 0 Å². The number of amides is 3. The Morgan fingerprint density at radius 2 is 1.83 bits per heavy atom. The normalized spacial score (nSPS) is 12.1. The van der Waals surface area contributed by atoms with Crippen LogP contribution in [0.5, 0.6) is 5.75 Å². The third-order valence-electron chi connectivity index (χ3n) is 4.04. The number of urea groups is 1. The van der Waals surface area contributed by atoms with Crippen LogP contribution in [-0.2, 0) is 16.1 Å². The highest BCUT2D eigenvalue weighted by molar-refractivity contribution is 5.99. The molecule has 1 aromatic carbocycles. The minimum absolute atomic E-state index is 0.156. The molecule has 1 atom stereocenters. The number of imide groups is 1. The van der Waals surface area contributed by atoms with E-state index in [1.165, 1.54) is 13.0 Å². The van der Waals surface area contributed by atoms with Crippen LogP contribution in [0.1, 0.15) is 55.1 Å². The average Bonchev–Trinajstić information content (AvgIpc) is 2.96. The van der Waals surface area contributed by atoms with Gasteiger partial charge in [0.25, 0.3) is 5.91 Å². The van der Waals surface area contributed by atoms with Crippen molar-refractivity contribution in [2.45, 2.75) is 59.8 Å². The minimum Gasteiger partial charge on any atom is -0.488 e. The van der Waals surface area contributed by atoms with E-state index in [1.54, 1.807) is 52.8 Å². The fraction of sp³-hybridized carbons (Fsp3) is 0.429. The van der Waals surface area contributed by atoms with Gasteiger partial charge in [-0.05, 0) is 53.7 Å². The van der Waals surface area contributed by atoms with Gasteiger partial charge in [0, 0.05) is 5.54 Å². The van der Waals surface area contributed by atoms with Gasteiger partial charge in [0.05, 0.1) is 11.3 Å². The molecule has 0 radical (unpaired) electrons. The zero-order valence-corrected chi connectivity index (χ0v) is 18.0. The van der Waals surface area contributed by atoms with E-state index in [4.69, 9.17) is 14.0 Å². The largest absolute Gasteiger partial charge is 0.488 e. The first kappa shape index (κ1) is 22.9. The van der Waals surface area contributed by atoms with Crippen molar-refractivity contribution in [2.75, 3.05) is 0 Å². The number of aryl methyl sites for hydroxylation is 2. The van der Waals surface area contributed by atoms with E-state index in [-0.39, 0.29) is 12.2 Å². The molecule has 3 amide bonds. The number of carbonyl (C=O) groups is 3. The van der Waals surface area contributed by atoms with Crippen LogP contribution < -0.4 is 15.4 Å². The first-order valence-electron chi connectivity index (χ1n) is 9.45. The van der Waals surface area contributed by atoms with Crippen LogP contribution in [0.15, 0.2) is 28.8 Å². The summed E-state index contributed by atoms with van der Waals surface area (Å²) in [7, 11) is 0. The summed E-state index contributed by atoms with van der Waals surface area (Å²) in [6.07, 6.45) is -1.18. The van der Waals surface area contributed by atoms with Crippen molar-refractivity contribution in [3.8, 4) is 5.75 Å². The number of benzene rings is 1. The van der Waals surface area contributed by atoms with Gasteiger partial charge < -0.3 is 19.3 Å². The maximum absolute atomic E-state index is 12.6. The number of hydrogen-bond donors (Lipinski definition) is 2. The number of ether oxygens (including phenoxy) is 2. The molecule has 9 nitrogen and oxygen atoms in total. The Hall–Kier alpha value is -3.36. The fourth-order valence-electron chi connectivity index (χ4n) is 2.48. The molecule has 30 heavy (non-hydrogen) atoms. The summed E-state index contributed by atoms with van der Waals surface area (Å²) in [5.74, 6) is -0.561. The van der Waals surface area contributed by atoms with Crippen LogP contribution in [-0.4, -0.2) is 34.7 Å². The third-order valence-corrected chi connectivity index (χ3v) is 4.04. The quantitative estimate of drug-likeness (QED) is 0.693. The highest BCUT2D eigenvalue weighted by Gasteiger charge is 2.24. The van der Waals surface area contributed by atoms with Crippen molar-refractivity contribution in [2.24, 2.45) is 0 Å². The van der Waals surface area contributed by atoms with E-state index in [9.17, 15) is 14.4 Å². The Morgan fingerprint density at radius 1 is 1.17 bits per heavy atom. The number of esters is 1. The molecule has 9 heteroatoms. The smallest absolute Gasteiger partial charge is 0.342 e. The molecule has 0 saturated carbocycles. The summed E-state index contributed by atoms with van der Waals surface area (Å²) in [5, 5.41) is 8.61. The van der Waals surface area contributed by atoms with E-state index < -0.39 is 29.6 Å². The summed E-state index contributed by atoms with van der Waals surface area (Å²) in [5.41, 5.74) is 1.13. The Morgan fingerprint density at radius 3 is 2.43 bits per heavy atom. The molecular weight excluding hydrogens is 390 g/mol. The van der Waals surface area contributed by atoms with E-state index >= 15 is 0 Å². The molecule has 0 bridgehead atoms. The number of hydrogen-bond acceptors (Lipinski definition) is 7. The fourth-order valence-corrected chi connectivity index (χ4v) is 2.48. The number of nitrogens with zero attached hydrogens (tertiary/aromatic N) is 1. The Balaban J connectivity index is 2.01. The summed E-state index contributed by atoms with van der Waals surface area (Å²) in [6.45, 7) is 10.4. The molecule has 0 aliphatic carbocycles. The lowest BCUT2D eigenvalue weighted by molar-refractivity contribution is -0.127. The molecule has 0 aliphatic heterocycles. The summed E-state index contributed by atoms with van der Waals surface area (Å²) >= 11 is 0. The van der Waals surface area contributed by atoms with Gasteiger partial charge in [0.15, 0.2) is 6.10 Å². The summed E-state index contributed by atoms with van der Waals surface area (Å²) < 4.78 is 16.1. The van der Waals surface area contributed by atoms with Gasteiger partial charge in [-0.15, -0.1) is 0 Å². The monoisotopic (exact) mass is 417 g/mol. The topological polar surface area (TPSA) is 120 Å². The Bertz CT molecular complexity index is 910. The SMILES string of the molecule is Cc1noc(C)c1COc1ccccc1C(=O)O[C@@H](C)C(=O)NC(=O)NC(C)(C)C. The van der Waals surface area contributed by atoms with Gasteiger partial charge in [-0.3, -0.25) is 10.1 Å². The highest BCUT2D eigenvalue weighted by atomic mass is 16.5. The Labute approximate surface area is 175 Å². The summed E-state index contributed by atoms with van der Waals surface area (Å²) in [4.78, 5) is 36.5. The van der Waals surface area contributed by atoms with Gasteiger partial charge >= 0.3 is 12.0 Å². The zero-order valence-electron chi connectivity index (χ0n) is 18.0. The first-order chi connectivity index (χ1) is 14.0. The van der Waals surface area contributed by atoms with Crippen LogP contribution in [0.25, 0.3) is 0 Å². The average molecular weight is 417 g/mol. The highest BCUT2D eigenvalue weighted by Crippen LogP contribution is 2.22. The predicted molar refractivity (Wildman–Crippen MR) is 108 cm³/mol. The summed E-state index contributed by atoms with van der Waals surface area (Å²) in [6, 6.07) is 5.85. The van der Waals surface area contributed by atoms with E-state index in [2.05, 4.69) is 15.8 Å². The number of carbonyl (C=O) groups excluding carboxylic acids is 3. The number of nitrogens with one attached hydrogen (secondary N) is 2. The van der Waals surface area contributed by atoms with Crippen LogP contribution in [0.4, 0.5) is 4.79 Å². The molecule has 0 saturated heterocycles. The molecule has 0 fully saturated rings. The minimum atomic E-state index is -1.18. The van der Waals surface area contributed by atoms with E-state index in [0.717, 1.165) is 5.56 Å². The lowest BCUT2D eigenvalue weighted by atomic mass is 10.1. The molecule has 2 rings (SSSR count). The first-order valence-corrected chi connectivity index (χ1v) is 9.45. The van der Waals surface area contributed by atoms with Crippen molar-refractivity contribution < 1.29 is 28.4 Å². The lowest BCUT2D eigenvalue weighted by Crippen LogP contribution is -2.50. The molecule has 0 spiro atoms. The van der Waals surface area contributed by atoms with Gasteiger partial charge in [-0.25, -0.2) is 9.59 Å². The van der Waals surface area contributed by atoms with Crippen LogP contribution in [0.3, 0.4) is 0 Å². The van der Waals surface area contributed by atoms with Gasteiger partial charge in [0.2, 0.25) is 0 Å². The predicted octanol–water partition coefficient (Wildman–Crippen LogP) is 3.04. The molecule has 2 aromatic rings. The molecule has 0 aliphatic rings. The lowest BCUT2D eigenvalue weighted by Gasteiger charge is -2.21. The van der Waals surface area contributed by atoms with Crippen molar-refractivity contribution >= 4 is 17.9 Å². The molecular formula is C21H27N3O6. The van der Waals surface area contributed by atoms with E-state index in [0.29, 0.717) is 17.2 Å². The third kappa shape index (κ3) is 6.33. The molecule has 0 unspecified atom stereocenters. The van der Waals surface area contributed by atoms with Crippen LogP contribution >= 0.6 is 0 Å². The van der Waals surface area contributed by atoms with Crippen molar-refractivity contribution in [1.29, 1.82) is 0 Å². The Kier molecular flexibility index (Phi) is 7.20. The maximum atomic E-state index is 12.6. The maximum Gasteiger partial charge on any atom is 0.342 e. The second-order valence-corrected chi connectivity index (χ2v) is 7.83. The second kappa shape index (κ2) is 9.43. The van der Waals surface area contributed by atoms with Crippen molar-refractivity contribution in [3.63, 3.8) is 0 Å². The molecule has 162 valence electrons. The standard InChI is InChI=1S/C21H27N3O6/c1-12-16(13(2)30-24-12)11-28-17-10-8-7-9-15(17)19(26)29-14(3)18(25)22-20(27)23-21(4,5)6/h7-10,14H,11H2,1-6H3,(H2,22,23,25,27)/t14-/m0/s1. The van der Waals surface area contributed by atoms with Crippen molar-refractivity contribution in [1.82, 2.24) is 15.8 Å². The van der Waals surface area contributed by atoms with Crippen LogP contribution in [0, 0.1) is 13.8 Å².